The number of nitrogens with zero attached hydrogens (tertiary/aromatic N) is 3. The van der Waals surface area contributed by atoms with Crippen molar-refractivity contribution in [1.29, 1.82) is 0 Å². The summed E-state index contributed by atoms with van der Waals surface area (Å²) in [6.07, 6.45) is 2.82. The molecule has 1 aliphatic rings. The van der Waals surface area contributed by atoms with Gasteiger partial charge in [0.2, 0.25) is 5.91 Å². The van der Waals surface area contributed by atoms with Crippen LogP contribution in [0.5, 0.6) is 0 Å². The highest BCUT2D eigenvalue weighted by atomic mass is 16.2. The lowest BCUT2D eigenvalue weighted by atomic mass is 9.97. The molecule has 4 rings (SSSR count). The number of anilines is 1. The molecule has 0 unspecified atom stereocenters. The van der Waals surface area contributed by atoms with Gasteiger partial charge in [-0.25, -0.2) is 0 Å². The summed E-state index contributed by atoms with van der Waals surface area (Å²) in [6.45, 7) is 5.98. The Morgan fingerprint density at radius 3 is 2.62 bits per heavy atom. The summed E-state index contributed by atoms with van der Waals surface area (Å²) < 4.78 is 3.76. The number of aryl methyl sites for hydroxylation is 4. The fourth-order valence-electron chi connectivity index (χ4n) is 3.89. The molecule has 2 aromatic heterocycles. The number of hydrogen-bond acceptors (Lipinski definition) is 3. The lowest BCUT2D eigenvalue weighted by Gasteiger charge is -2.20. The standard InChI is InChI=1S/C22H25N5O2/c1-13-5-6-14(2)27(13)22-18(12-23-26(22)4)21(29)24-15(3)16-7-9-19-17(11-16)8-10-20(28)25-19/h5-7,9,11-12,15H,8,10H2,1-4H3,(H,24,29)(H,25,28)/t15-/m1/s1. The summed E-state index contributed by atoms with van der Waals surface area (Å²) in [7, 11) is 1.84. The molecule has 1 aromatic carbocycles. The monoisotopic (exact) mass is 391 g/mol. The van der Waals surface area contributed by atoms with E-state index in [1.54, 1.807) is 10.9 Å². The Kier molecular flexibility index (Phi) is 4.74. The van der Waals surface area contributed by atoms with Gasteiger partial charge in [0.05, 0.1) is 12.2 Å². The van der Waals surface area contributed by atoms with Crippen molar-refractivity contribution < 1.29 is 9.59 Å². The van der Waals surface area contributed by atoms with Crippen molar-refractivity contribution in [3.05, 3.63) is 64.6 Å². The number of rotatable bonds is 4. The van der Waals surface area contributed by atoms with E-state index in [9.17, 15) is 9.59 Å². The Balaban J connectivity index is 1.59. The Morgan fingerprint density at radius 1 is 1.17 bits per heavy atom. The summed E-state index contributed by atoms with van der Waals surface area (Å²) in [5.74, 6) is 0.633. The first-order valence-electron chi connectivity index (χ1n) is 9.76. The molecule has 7 nitrogen and oxygen atoms in total. The van der Waals surface area contributed by atoms with Crippen molar-refractivity contribution in [2.45, 2.75) is 39.7 Å². The maximum atomic E-state index is 13.1. The van der Waals surface area contributed by atoms with Gasteiger partial charge >= 0.3 is 0 Å². The second-order valence-electron chi connectivity index (χ2n) is 7.62. The van der Waals surface area contributed by atoms with E-state index in [4.69, 9.17) is 0 Å². The molecule has 0 saturated heterocycles. The number of nitrogens with one attached hydrogen (secondary N) is 2. The molecule has 0 fully saturated rings. The van der Waals surface area contributed by atoms with Crippen LogP contribution in [-0.2, 0) is 18.3 Å². The van der Waals surface area contributed by atoms with Crippen LogP contribution in [0.4, 0.5) is 5.69 Å². The Labute approximate surface area is 169 Å². The third-order valence-electron chi connectivity index (χ3n) is 5.51. The molecule has 0 spiro atoms. The summed E-state index contributed by atoms with van der Waals surface area (Å²) in [5.41, 5.74) is 5.59. The van der Waals surface area contributed by atoms with Crippen LogP contribution in [0.3, 0.4) is 0 Å². The Hall–Kier alpha value is -3.35. The Bertz CT molecular complexity index is 1090. The van der Waals surface area contributed by atoms with Gasteiger partial charge in [-0.05, 0) is 56.5 Å². The molecule has 7 heteroatoms. The fraction of sp³-hybridized carbons (Fsp3) is 0.318. The number of aromatic nitrogens is 3. The topological polar surface area (TPSA) is 81.0 Å². The third-order valence-corrected chi connectivity index (χ3v) is 5.51. The molecular formula is C22H25N5O2. The van der Waals surface area contributed by atoms with Gasteiger partial charge < -0.3 is 15.2 Å². The normalized spacial score (nSPS) is 14.3. The van der Waals surface area contributed by atoms with E-state index in [1.807, 2.05) is 56.7 Å². The van der Waals surface area contributed by atoms with Gasteiger partial charge in [0.25, 0.3) is 5.91 Å². The van der Waals surface area contributed by atoms with E-state index in [-0.39, 0.29) is 17.9 Å². The number of carbonyl (C=O) groups excluding carboxylic acids is 2. The van der Waals surface area contributed by atoms with E-state index >= 15 is 0 Å². The van der Waals surface area contributed by atoms with Gasteiger partial charge in [0.1, 0.15) is 11.4 Å². The molecule has 3 heterocycles. The molecular weight excluding hydrogens is 366 g/mol. The largest absolute Gasteiger partial charge is 0.345 e. The van der Waals surface area contributed by atoms with Gasteiger partial charge in [-0.1, -0.05) is 12.1 Å². The van der Waals surface area contributed by atoms with Crippen LogP contribution >= 0.6 is 0 Å². The molecule has 0 aliphatic carbocycles. The van der Waals surface area contributed by atoms with E-state index in [0.29, 0.717) is 18.4 Å². The van der Waals surface area contributed by atoms with Gasteiger partial charge in [-0.2, -0.15) is 5.10 Å². The van der Waals surface area contributed by atoms with Crippen molar-refractivity contribution in [2.24, 2.45) is 7.05 Å². The number of carbonyl (C=O) groups is 2. The van der Waals surface area contributed by atoms with Gasteiger partial charge in [-0.3, -0.25) is 14.3 Å². The molecule has 150 valence electrons. The zero-order valence-electron chi connectivity index (χ0n) is 17.1. The molecule has 1 aliphatic heterocycles. The molecule has 0 saturated carbocycles. The molecule has 2 amide bonds. The molecule has 0 bridgehead atoms. The predicted octanol–water partition coefficient (Wildman–Crippen LogP) is 3.20. The lowest BCUT2D eigenvalue weighted by Crippen LogP contribution is -2.28. The van der Waals surface area contributed by atoms with Crippen molar-refractivity contribution in [2.75, 3.05) is 5.32 Å². The van der Waals surface area contributed by atoms with Crippen LogP contribution in [0.2, 0.25) is 0 Å². The van der Waals surface area contributed by atoms with Crippen LogP contribution in [0.25, 0.3) is 5.82 Å². The summed E-state index contributed by atoms with van der Waals surface area (Å²) in [6, 6.07) is 9.79. The molecule has 29 heavy (non-hydrogen) atoms. The van der Waals surface area contributed by atoms with Gasteiger partial charge in [-0.15, -0.1) is 0 Å². The van der Waals surface area contributed by atoms with E-state index in [1.165, 1.54) is 0 Å². The molecule has 3 aromatic rings. The number of fused-ring (bicyclic) bond motifs is 1. The summed E-state index contributed by atoms with van der Waals surface area (Å²) in [5, 5.41) is 10.3. The van der Waals surface area contributed by atoms with Crippen LogP contribution in [0, 0.1) is 13.8 Å². The fourth-order valence-corrected chi connectivity index (χ4v) is 3.89. The summed E-state index contributed by atoms with van der Waals surface area (Å²) in [4.78, 5) is 24.6. The number of benzene rings is 1. The van der Waals surface area contributed by atoms with Gasteiger partial charge in [0.15, 0.2) is 0 Å². The second-order valence-corrected chi connectivity index (χ2v) is 7.62. The van der Waals surface area contributed by atoms with Crippen molar-refractivity contribution in [3.63, 3.8) is 0 Å². The average Bonchev–Trinajstić information content (AvgIpc) is 3.22. The van der Waals surface area contributed by atoms with E-state index < -0.39 is 0 Å². The minimum atomic E-state index is -0.176. The van der Waals surface area contributed by atoms with Crippen LogP contribution in [-0.4, -0.2) is 26.2 Å². The highest BCUT2D eigenvalue weighted by Gasteiger charge is 2.22. The predicted molar refractivity (Wildman–Crippen MR) is 111 cm³/mol. The summed E-state index contributed by atoms with van der Waals surface area (Å²) >= 11 is 0. The SMILES string of the molecule is Cc1ccc(C)n1-c1c(C(=O)N[C@H](C)c2ccc3c(c2)CCC(=O)N3)cnn1C. The van der Waals surface area contributed by atoms with Crippen LogP contribution in [0.1, 0.15) is 52.3 Å². The Morgan fingerprint density at radius 2 is 1.90 bits per heavy atom. The molecule has 1 atom stereocenters. The minimum Gasteiger partial charge on any atom is -0.345 e. The van der Waals surface area contributed by atoms with E-state index in [2.05, 4.69) is 21.8 Å². The lowest BCUT2D eigenvalue weighted by molar-refractivity contribution is -0.116. The first-order valence-corrected chi connectivity index (χ1v) is 9.76. The minimum absolute atomic E-state index is 0.0475. The average molecular weight is 391 g/mol. The zero-order valence-corrected chi connectivity index (χ0v) is 17.1. The van der Waals surface area contributed by atoms with Crippen LogP contribution < -0.4 is 10.6 Å². The second kappa shape index (κ2) is 7.24. The quantitative estimate of drug-likeness (QED) is 0.717. The smallest absolute Gasteiger partial charge is 0.257 e. The number of hydrogen-bond donors (Lipinski definition) is 2. The maximum absolute atomic E-state index is 13.1. The van der Waals surface area contributed by atoms with E-state index in [0.717, 1.165) is 34.0 Å². The van der Waals surface area contributed by atoms with Crippen LogP contribution in [0.15, 0.2) is 36.5 Å². The molecule has 2 N–H and O–H groups in total. The zero-order chi connectivity index (χ0) is 20.7. The highest BCUT2D eigenvalue weighted by molar-refractivity contribution is 5.97. The number of amides is 2. The first kappa shape index (κ1) is 19.0. The molecule has 0 radical (unpaired) electrons. The first-order chi connectivity index (χ1) is 13.8. The van der Waals surface area contributed by atoms with Crippen molar-refractivity contribution in [3.8, 4) is 5.82 Å². The van der Waals surface area contributed by atoms with Gasteiger partial charge in [0, 0.05) is 30.5 Å². The van der Waals surface area contributed by atoms with Crippen molar-refractivity contribution >= 4 is 17.5 Å². The third kappa shape index (κ3) is 3.44. The highest BCUT2D eigenvalue weighted by Crippen LogP contribution is 2.27. The van der Waals surface area contributed by atoms with Crippen molar-refractivity contribution in [1.82, 2.24) is 19.7 Å². The maximum Gasteiger partial charge on any atom is 0.257 e.